The second-order valence-corrected chi connectivity index (χ2v) is 3.68. The maximum absolute atomic E-state index is 11.8. The van der Waals surface area contributed by atoms with Crippen LogP contribution in [0.5, 0.6) is 11.5 Å². The van der Waals surface area contributed by atoms with E-state index >= 15 is 0 Å². The largest absolute Gasteiger partial charge is 0.497 e. The lowest BCUT2D eigenvalue weighted by Gasteiger charge is -2.11. The van der Waals surface area contributed by atoms with Crippen LogP contribution in [0.4, 0.5) is 13.2 Å². The van der Waals surface area contributed by atoms with Crippen LogP contribution >= 0.6 is 0 Å². The summed E-state index contributed by atoms with van der Waals surface area (Å²) in [6, 6.07) is 4.07. The summed E-state index contributed by atoms with van der Waals surface area (Å²) in [5.74, 6) is -0.826. The number of halogens is 3. The first-order chi connectivity index (χ1) is 9.33. The van der Waals surface area contributed by atoms with Crippen LogP contribution in [0.25, 0.3) is 0 Å². The monoisotopic (exact) mass is 294 g/mol. The molecular weight excluding hydrogens is 281 g/mol. The van der Waals surface area contributed by atoms with Crippen LogP contribution in [0.3, 0.4) is 0 Å². The van der Waals surface area contributed by atoms with Crippen molar-refractivity contribution in [1.82, 2.24) is 0 Å². The van der Waals surface area contributed by atoms with E-state index in [1.807, 2.05) is 0 Å². The van der Waals surface area contributed by atoms with E-state index in [1.54, 1.807) is 0 Å². The van der Waals surface area contributed by atoms with Crippen LogP contribution in [0.1, 0.15) is 10.4 Å². The first-order valence-corrected chi connectivity index (χ1v) is 5.52. The van der Waals surface area contributed by atoms with Gasteiger partial charge in [-0.1, -0.05) is 0 Å². The van der Waals surface area contributed by atoms with Crippen LogP contribution in [-0.4, -0.2) is 44.2 Å². The summed E-state index contributed by atoms with van der Waals surface area (Å²) in [6.07, 6.45) is -4.40. The van der Waals surface area contributed by atoms with E-state index in [1.165, 1.54) is 25.3 Å². The Hall–Kier alpha value is -1.96. The minimum Gasteiger partial charge on any atom is -0.497 e. The van der Waals surface area contributed by atoms with Crippen molar-refractivity contribution in [3.63, 3.8) is 0 Å². The number of methoxy groups -OCH3 is 1. The fraction of sp³-hybridized carbons (Fsp3) is 0.417. The molecule has 1 rings (SSSR count). The van der Waals surface area contributed by atoms with E-state index in [0.717, 1.165) is 0 Å². The third-order valence-electron chi connectivity index (χ3n) is 2.17. The summed E-state index contributed by atoms with van der Waals surface area (Å²) in [7, 11) is 1.39. The first kappa shape index (κ1) is 16.1. The van der Waals surface area contributed by atoms with Gasteiger partial charge in [-0.05, 0) is 12.1 Å². The number of hydrogen-bond donors (Lipinski definition) is 1. The lowest BCUT2D eigenvalue weighted by atomic mass is 10.2. The quantitative estimate of drug-likeness (QED) is 0.782. The molecule has 1 N–H and O–H groups in total. The van der Waals surface area contributed by atoms with Crippen molar-refractivity contribution in [2.24, 2.45) is 0 Å². The van der Waals surface area contributed by atoms with Crippen molar-refractivity contribution in [2.75, 3.05) is 26.9 Å². The zero-order valence-corrected chi connectivity index (χ0v) is 10.6. The van der Waals surface area contributed by atoms with Crippen LogP contribution in [0, 0.1) is 0 Å². The number of benzene rings is 1. The maximum atomic E-state index is 11.8. The highest BCUT2D eigenvalue weighted by Gasteiger charge is 2.27. The van der Waals surface area contributed by atoms with Gasteiger partial charge in [-0.15, -0.1) is 0 Å². The molecule has 0 radical (unpaired) electrons. The Kier molecular flexibility index (Phi) is 5.63. The topological polar surface area (TPSA) is 65.0 Å². The molecule has 0 aliphatic rings. The number of carbonyl (C=O) groups is 1. The van der Waals surface area contributed by atoms with Gasteiger partial charge in [0.05, 0.1) is 13.7 Å². The van der Waals surface area contributed by atoms with E-state index in [0.29, 0.717) is 5.75 Å². The number of hydrogen-bond acceptors (Lipinski definition) is 4. The van der Waals surface area contributed by atoms with E-state index in [2.05, 4.69) is 4.74 Å². The lowest BCUT2D eigenvalue weighted by molar-refractivity contribution is -0.175. The molecule has 5 nitrogen and oxygen atoms in total. The van der Waals surface area contributed by atoms with Crippen LogP contribution < -0.4 is 9.47 Å². The Morgan fingerprint density at radius 3 is 2.55 bits per heavy atom. The lowest BCUT2D eigenvalue weighted by Crippen LogP contribution is -2.19. The highest BCUT2D eigenvalue weighted by molar-refractivity contribution is 5.91. The van der Waals surface area contributed by atoms with E-state index in [4.69, 9.17) is 14.6 Å². The second kappa shape index (κ2) is 6.99. The SMILES string of the molecule is COc1ccc(C(=O)O)c(OCCOCC(F)(F)F)c1. The molecule has 0 aliphatic heterocycles. The third kappa shape index (κ3) is 5.35. The van der Waals surface area contributed by atoms with Crippen molar-refractivity contribution in [3.8, 4) is 11.5 Å². The summed E-state index contributed by atoms with van der Waals surface area (Å²) in [5, 5.41) is 8.94. The molecule has 0 saturated heterocycles. The normalized spacial score (nSPS) is 11.2. The molecule has 20 heavy (non-hydrogen) atoms. The summed E-state index contributed by atoms with van der Waals surface area (Å²) in [6.45, 7) is -1.89. The van der Waals surface area contributed by atoms with Gasteiger partial charge in [0.1, 0.15) is 30.3 Å². The third-order valence-corrected chi connectivity index (χ3v) is 2.17. The van der Waals surface area contributed by atoms with Gasteiger partial charge in [-0.25, -0.2) is 4.79 Å². The highest BCUT2D eigenvalue weighted by atomic mass is 19.4. The fourth-order valence-corrected chi connectivity index (χ4v) is 1.32. The zero-order valence-electron chi connectivity index (χ0n) is 10.6. The maximum Gasteiger partial charge on any atom is 0.411 e. The first-order valence-electron chi connectivity index (χ1n) is 5.52. The molecule has 0 fully saturated rings. The average Bonchev–Trinajstić information content (AvgIpc) is 2.36. The Morgan fingerprint density at radius 2 is 2.00 bits per heavy atom. The van der Waals surface area contributed by atoms with Crippen LogP contribution in [0.15, 0.2) is 18.2 Å². The fourth-order valence-electron chi connectivity index (χ4n) is 1.32. The van der Waals surface area contributed by atoms with Gasteiger partial charge in [0.15, 0.2) is 0 Å². The molecular formula is C12H13F3O5. The van der Waals surface area contributed by atoms with Crippen molar-refractivity contribution in [1.29, 1.82) is 0 Å². The average molecular weight is 294 g/mol. The summed E-state index contributed by atoms with van der Waals surface area (Å²) in [5.41, 5.74) is -0.110. The standard InChI is InChI=1S/C12H13F3O5/c1-18-8-2-3-9(11(16)17)10(6-8)20-5-4-19-7-12(13,14)15/h2-3,6H,4-5,7H2,1H3,(H,16,17). The molecule has 1 aromatic carbocycles. The summed E-state index contributed by atoms with van der Waals surface area (Å²) < 4.78 is 49.8. The number of ether oxygens (including phenoxy) is 3. The van der Waals surface area contributed by atoms with Crippen molar-refractivity contribution < 1.29 is 37.3 Å². The zero-order chi connectivity index (χ0) is 15.2. The number of alkyl halides is 3. The van der Waals surface area contributed by atoms with Crippen molar-refractivity contribution in [3.05, 3.63) is 23.8 Å². The van der Waals surface area contributed by atoms with Crippen LogP contribution in [-0.2, 0) is 4.74 Å². The minimum absolute atomic E-state index is 0.00691. The number of rotatable bonds is 7. The predicted octanol–water partition coefficient (Wildman–Crippen LogP) is 2.35. The molecule has 0 spiro atoms. The number of carboxylic acid groups (broad SMARTS) is 1. The highest BCUT2D eigenvalue weighted by Crippen LogP contribution is 2.24. The molecule has 1 aromatic rings. The van der Waals surface area contributed by atoms with E-state index < -0.39 is 18.8 Å². The van der Waals surface area contributed by atoms with E-state index in [-0.39, 0.29) is 24.5 Å². The van der Waals surface area contributed by atoms with Gasteiger partial charge in [-0.3, -0.25) is 0 Å². The second-order valence-electron chi connectivity index (χ2n) is 3.68. The van der Waals surface area contributed by atoms with Crippen molar-refractivity contribution in [2.45, 2.75) is 6.18 Å². The molecule has 0 aliphatic carbocycles. The van der Waals surface area contributed by atoms with Crippen molar-refractivity contribution >= 4 is 5.97 Å². The predicted molar refractivity (Wildman–Crippen MR) is 62.3 cm³/mol. The molecule has 0 amide bonds. The molecule has 0 heterocycles. The summed E-state index contributed by atoms with van der Waals surface area (Å²) in [4.78, 5) is 10.9. The van der Waals surface area contributed by atoms with Gasteiger partial charge < -0.3 is 19.3 Å². The molecule has 112 valence electrons. The van der Waals surface area contributed by atoms with Crippen LogP contribution in [0.2, 0.25) is 0 Å². The Morgan fingerprint density at radius 1 is 1.30 bits per heavy atom. The molecule has 0 bridgehead atoms. The Labute approximate surface area is 112 Å². The molecule has 8 heteroatoms. The Balaban J connectivity index is 2.55. The number of aromatic carboxylic acids is 1. The molecule has 0 atom stereocenters. The Bertz CT molecular complexity index is 459. The summed E-state index contributed by atoms with van der Waals surface area (Å²) >= 11 is 0. The van der Waals surface area contributed by atoms with Gasteiger partial charge in [0, 0.05) is 6.07 Å². The molecule has 0 unspecified atom stereocenters. The van der Waals surface area contributed by atoms with Gasteiger partial charge in [0.25, 0.3) is 0 Å². The van der Waals surface area contributed by atoms with E-state index in [9.17, 15) is 18.0 Å². The molecule has 0 aromatic heterocycles. The van der Waals surface area contributed by atoms with Gasteiger partial charge >= 0.3 is 12.1 Å². The smallest absolute Gasteiger partial charge is 0.411 e. The van der Waals surface area contributed by atoms with Gasteiger partial charge in [0.2, 0.25) is 0 Å². The minimum atomic E-state index is -4.40. The van der Waals surface area contributed by atoms with Gasteiger partial charge in [-0.2, -0.15) is 13.2 Å². The molecule has 0 saturated carbocycles. The number of carboxylic acids is 1.